The van der Waals surface area contributed by atoms with Crippen molar-refractivity contribution in [2.45, 2.75) is 40.0 Å². The van der Waals surface area contributed by atoms with Crippen LogP contribution in [0.4, 0.5) is 17.3 Å². The van der Waals surface area contributed by atoms with Crippen LogP contribution in [0.15, 0.2) is 36.5 Å². The maximum Gasteiger partial charge on any atom is 0.270 e. The quantitative estimate of drug-likeness (QED) is 0.751. The number of amides is 1. The highest BCUT2D eigenvalue weighted by Crippen LogP contribution is 2.24. The van der Waals surface area contributed by atoms with E-state index in [2.05, 4.69) is 58.4 Å². The van der Waals surface area contributed by atoms with E-state index < -0.39 is 0 Å². The fourth-order valence-corrected chi connectivity index (χ4v) is 3.26. The molecule has 0 radical (unpaired) electrons. The van der Waals surface area contributed by atoms with Crippen molar-refractivity contribution in [1.29, 1.82) is 0 Å². The Balaban J connectivity index is 1.58. The molecule has 150 valence electrons. The molecule has 1 aromatic heterocycles. The van der Waals surface area contributed by atoms with Gasteiger partial charge in [-0.15, -0.1) is 0 Å². The van der Waals surface area contributed by atoms with E-state index in [0.717, 1.165) is 31.1 Å². The van der Waals surface area contributed by atoms with Crippen molar-refractivity contribution in [3.8, 4) is 0 Å². The summed E-state index contributed by atoms with van der Waals surface area (Å²) in [6.45, 7) is 9.48. The average Bonchev–Trinajstić information content (AvgIpc) is 2.69. The van der Waals surface area contributed by atoms with Crippen LogP contribution >= 0.6 is 0 Å². The van der Waals surface area contributed by atoms with Gasteiger partial charge in [0.15, 0.2) is 0 Å². The number of nitrogens with zero attached hydrogens (tertiary/aromatic N) is 3. The van der Waals surface area contributed by atoms with Crippen LogP contribution in [0.3, 0.4) is 0 Å². The Morgan fingerprint density at radius 3 is 2.57 bits per heavy atom. The molecule has 1 amide bonds. The number of rotatable bonds is 7. The third-order valence-electron chi connectivity index (χ3n) is 5.17. The second-order valence-electron chi connectivity index (χ2n) is 8.05. The van der Waals surface area contributed by atoms with Crippen molar-refractivity contribution in [2.75, 3.05) is 29.9 Å². The summed E-state index contributed by atoms with van der Waals surface area (Å²) in [6.07, 6.45) is 5.06. The molecule has 28 heavy (non-hydrogen) atoms. The molecule has 1 saturated heterocycles. The molecule has 0 spiro atoms. The van der Waals surface area contributed by atoms with E-state index in [9.17, 15) is 4.79 Å². The van der Waals surface area contributed by atoms with Crippen LogP contribution in [0.25, 0.3) is 0 Å². The summed E-state index contributed by atoms with van der Waals surface area (Å²) >= 11 is 0. The molecule has 6 nitrogen and oxygen atoms in total. The van der Waals surface area contributed by atoms with Gasteiger partial charge in [-0.05, 0) is 61.4 Å². The van der Waals surface area contributed by atoms with E-state index in [1.54, 1.807) is 12.3 Å². The molecule has 0 aliphatic carbocycles. The van der Waals surface area contributed by atoms with Gasteiger partial charge in [0, 0.05) is 37.2 Å². The monoisotopic (exact) mass is 381 g/mol. The highest BCUT2D eigenvalue weighted by molar-refractivity contribution is 5.92. The lowest BCUT2D eigenvalue weighted by atomic mass is 9.99. The highest BCUT2D eigenvalue weighted by atomic mass is 16.1. The maximum absolute atomic E-state index is 12.2. The molecule has 3 rings (SSSR count). The van der Waals surface area contributed by atoms with Crippen molar-refractivity contribution >= 4 is 23.2 Å². The zero-order chi connectivity index (χ0) is 19.9. The predicted octanol–water partition coefficient (Wildman–Crippen LogP) is 4.23. The number of hydrogen-bond acceptors (Lipinski definition) is 5. The van der Waals surface area contributed by atoms with Crippen LogP contribution in [0, 0.1) is 11.8 Å². The maximum atomic E-state index is 12.2. The summed E-state index contributed by atoms with van der Waals surface area (Å²) < 4.78 is 0. The van der Waals surface area contributed by atoms with Crippen molar-refractivity contribution in [3.05, 3.63) is 42.2 Å². The standard InChI is InChI=1S/C22H31N5O/c1-16(2)8-12-23-21(28)20-9-13-24-22(26-20)25-18-4-6-19(7-5-18)27-14-10-17(3)11-15-27/h4-7,9,13,16-17H,8,10-12,14-15H2,1-3H3,(H,23,28)(H,24,25,26). The number of anilines is 3. The van der Waals surface area contributed by atoms with Gasteiger partial charge < -0.3 is 15.5 Å². The summed E-state index contributed by atoms with van der Waals surface area (Å²) in [7, 11) is 0. The van der Waals surface area contributed by atoms with Gasteiger partial charge in [-0.1, -0.05) is 20.8 Å². The number of carbonyl (C=O) groups is 1. The van der Waals surface area contributed by atoms with Crippen LogP contribution in [0.2, 0.25) is 0 Å². The Labute approximate surface area is 167 Å². The number of nitrogens with one attached hydrogen (secondary N) is 2. The molecule has 1 aliphatic rings. The highest BCUT2D eigenvalue weighted by Gasteiger charge is 2.16. The van der Waals surface area contributed by atoms with Crippen molar-refractivity contribution in [1.82, 2.24) is 15.3 Å². The molecule has 1 aromatic carbocycles. The Kier molecular flexibility index (Phi) is 6.85. The van der Waals surface area contributed by atoms with Gasteiger partial charge in [-0.25, -0.2) is 9.97 Å². The minimum Gasteiger partial charge on any atom is -0.372 e. The minimum absolute atomic E-state index is 0.166. The predicted molar refractivity (Wildman–Crippen MR) is 114 cm³/mol. The van der Waals surface area contributed by atoms with Crippen LogP contribution in [-0.4, -0.2) is 35.5 Å². The lowest BCUT2D eigenvalue weighted by molar-refractivity contribution is 0.0947. The van der Waals surface area contributed by atoms with Gasteiger partial charge in [0.05, 0.1) is 0 Å². The van der Waals surface area contributed by atoms with Gasteiger partial charge in [0.25, 0.3) is 5.91 Å². The van der Waals surface area contributed by atoms with Crippen LogP contribution in [0.5, 0.6) is 0 Å². The van der Waals surface area contributed by atoms with Crippen LogP contribution in [-0.2, 0) is 0 Å². The van der Waals surface area contributed by atoms with Crippen LogP contribution < -0.4 is 15.5 Å². The van der Waals surface area contributed by atoms with E-state index in [1.165, 1.54) is 18.5 Å². The SMILES string of the molecule is CC(C)CCNC(=O)c1ccnc(Nc2ccc(N3CCC(C)CC3)cc2)n1. The fraction of sp³-hybridized carbons (Fsp3) is 0.500. The third kappa shape index (κ3) is 5.68. The van der Waals surface area contributed by atoms with Crippen LogP contribution in [0.1, 0.15) is 50.5 Å². The van der Waals surface area contributed by atoms with E-state index in [1.807, 2.05) is 12.1 Å². The molecule has 1 fully saturated rings. The number of benzene rings is 1. The molecule has 2 heterocycles. The first-order valence-corrected chi connectivity index (χ1v) is 10.2. The van der Waals surface area contributed by atoms with E-state index in [0.29, 0.717) is 24.1 Å². The Hall–Kier alpha value is -2.63. The minimum atomic E-state index is -0.166. The lowest BCUT2D eigenvalue weighted by Gasteiger charge is -2.32. The fourth-order valence-electron chi connectivity index (χ4n) is 3.26. The zero-order valence-corrected chi connectivity index (χ0v) is 17.1. The summed E-state index contributed by atoms with van der Waals surface area (Å²) in [5, 5.41) is 6.10. The third-order valence-corrected chi connectivity index (χ3v) is 5.17. The molecule has 2 aromatic rings. The lowest BCUT2D eigenvalue weighted by Crippen LogP contribution is -2.32. The molecule has 2 N–H and O–H groups in total. The molecule has 0 bridgehead atoms. The number of hydrogen-bond donors (Lipinski definition) is 2. The molecule has 6 heteroatoms. The second kappa shape index (κ2) is 9.53. The molecule has 1 aliphatic heterocycles. The zero-order valence-electron chi connectivity index (χ0n) is 17.1. The van der Waals surface area contributed by atoms with Crippen molar-refractivity contribution in [3.63, 3.8) is 0 Å². The van der Waals surface area contributed by atoms with Crippen molar-refractivity contribution < 1.29 is 4.79 Å². The Bertz CT molecular complexity index is 767. The summed E-state index contributed by atoms with van der Waals surface area (Å²) in [5.74, 6) is 1.64. The largest absolute Gasteiger partial charge is 0.372 e. The first kappa shape index (κ1) is 20.1. The molecule has 0 unspecified atom stereocenters. The van der Waals surface area contributed by atoms with Crippen molar-refractivity contribution in [2.24, 2.45) is 11.8 Å². The van der Waals surface area contributed by atoms with Gasteiger partial charge >= 0.3 is 0 Å². The number of carbonyl (C=O) groups excluding carboxylic acids is 1. The van der Waals surface area contributed by atoms with Gasteiger partial charge in [-0.3, -0.25) is 4.79 Å². The van der Waals surface area contributed by atoms with Gasteiger partial charge in [0.2, 0.25) is 5.95 Å². The average molecular weight is 382 g/mol. The smallest absolute Gasteiger partial charge is 0.270 e. The first-order valence-electron chi connectivity index (χ1n) is 10.2. The summed E-state index contributed by atoms with van der Waals surface area (Å²) in [4.78, 5) is 23.2. The molecular formula is C22H31N5O. The van der Waals surface area contributed by atoms with E-state index >= 15 is 0 Å². The topological polar surface area (TPSA) is 70.2 Å². The number of piperidine rings is 1. The van der Waals surface area contributed by atoms with E-state index in [4.69, 9.17) is 0 Å². The summed E-state index contributed by atoms with van der Waals surface area (Å²) in [6, 6.07) is 9.95. The molecular weight excluding hydrogens is 350 g/mol. The first-order chi connectivity index (χ1) is 13.5. The second-order valence-corrected chi connectivity index (χ2v) is 8.05. The molecule has 0 saturated carbocycles. The Morgan fingerprint density at radius 1 is 1.18 bits per heavy atom. The van der Waals surface area contributed by atoms with E-state index in [-0.39, 0.29) is 5.91 Å². The summed E-state index contributed by atoms with van der Waals surface area (Å²) in [5.41, 5.74) is 2.53. The molecule has 0 atom stereocenters. The number of aromatic nitrogens is 2. The van der Waals surface area contributed by atoms with Gasteiger partial charge in [-0.2, -0.15) is 0 Å². The Morgan fingerprint density at radius 2 is 1.89 bits per heavy atom. The van der Waals surface area contributed by atoms with Gasteiger partial charge in [0.1, 0.15) is 5.69 Å². The normalized spacial score (nSPS) is 14.9.